The fourth-order valence-electron chi connectivity index (χ4n) is 2.16. The first-order valence-electron chi connectivity index (χ1n) is 6.72. The zero-order chi connectivity index (χ0) is 14.7. The van der Waals surface area contributed by atoms with Crippen LogP contribution in [0.5, 0.6) is 0 Å². The molecule has 7 heteroatoms. The number of hydrogen-bond donors (Lipinski definition) is 2. The molecule has 0 saturated carbocycles. The molecule has 1 aromatic heterocycles. The second-order valence-corrected chi connectivity index (χ2v) is 6.34. The van der Waals surface area contributed by atoms with Crippen molar-refractivity contribution in [3.8, 4) is 0 Å². The predicted molar refractivity (Wildman–Crippen MR) is 78.7 cm³/mol. The van der Waals surface area contributed by atoms with Gasteiger partial charge in [0.2, 0.25) is 11.8 Å². The topological polar surface area (TPSA) is 74.3 Å². The average molecular weight is 296 g/mol. The van der Waals surface area contributed by atoms with Crippen molar-refractivity contribution in [2.75, 3.05) is 18.4 Å². The number of thiazole rings is 1. The Kier molecular flexibility index (Phi) is 4.72. The molecule has 0 bridgehead atoms. The Labute approximate surface area is 122 Å². The van der Waals surface area contributed by atoms with E-state index in [9.17, 15) is 9.59 Å². The Morgan fingerprint density at radius 1 is 1.45 bits per heavy atom. The normalized spacial score (nSPS) is 15.0. The van der Waals surface area contributed by atoms with Crippen LogP contribution >= 0.6 is 11.3 Å². The lowest BCUT2D eigenvalue weighted by Gasteiger charge is -2.25. The molecule has 2 rings (SSSR count). The van der Waals surface area contributed by atoms with Gasteiger partial charge in [-0.1, -0.05) is 0 Å². The minimum atomic E-state index is -0.107. The molecular weight excluding hydrogens is 276 g/mol. The third-order valence-electron chi connectivity index (χ3n) is 2.91. The zero-order valence-corrected chi connectivity index (χ0v) is 12.8. The third kappa shape index (κ3) is 4.01. The van der Waals surface area contributed by atoms with E-state index in [4.69, 9.17) is 0 Å². The van der Waals surface area contributed by atoms with E-state index in [0.29, 0.717) is 11.7 Å². The standard InChI is InChI=1S/C13H20N4O2S/c1-8(2)14-12(19)7-17-5-4-10-11(6-17)20-13(16-10)15-9(3)18/h8H,4-7H2,1-3H3,(H,14,19)(H,15,16,18). The van der Waals surface area contributed by atoms with Crippen LogP contribution in [-0.2, 0) is 22.6 Å². The number of amides is 2. The monoisotopic (exact) mass is 296 g/mol. The molecule has 1 aromatic rings. The fraction of sp³-hybridized carbons (Fsp3) is 0.615. The van der Waals surface area contributed by atoms with Gasteiger partial charge >= 0.3 is 0 Å². The summed E-state index contributed by atoms with van der Waals surface area (Å²) in [5.74, 6) is -0.0562. The average Bonchev–Trinajstić information content (AvgIpc) is 2.67. The summed E-state index contributed by atoms with van der Waals surface area (Å²) in [6.45, 7) is 7.33. The van der Waals surface area contributed by atoms with Crippen LogP contribution in [0.1, 0.15) is 31.3 Å². The van der Waals surface area contributed by atoms with E-state index in [2.05, 4.69) is 20.5 Å². The minimum Gasteiger partial charge on any atom is -0.353 e. The molecule has 0 aromatic carbocycles. The summed E-state index contributed by atoms with van der Waals surface area (Å²) in [7, 11) is 0. The number of fused-ring (bicyclic) bond motifs is 1. The van der Waals surface area contributed by atoms with E-state index in [1.165, 1.54) is 18.3 Å². The molecular formula is C13H20N4O2S. The van der Waals surface area contributed by atoms with Crippen molar-refractivity contribution in [1.29, 1.82) is 0 Å². The first-order valence-corrected chi connectivity index (χ1v) is 7.53. The molecule has 0 atom stereocenters. The number of rotatable bonds is 4. The van der Waals surface area contributed by atoms with E-state index in [1.807, 2.05) is 13.8 Å². The molecule has 1 aliphatic heterocycles. The number of nitrogens with zero attached hydrogens (tertiary/aromatic N) is 2. The molecule has 2 N–H and O–H groups in total. The summed E-state index contributed by atoms with van der Waals surface area (Å²) < 4.78 is 0. The Balaban J connectivity index is 1.95. The second kappa shape index (κ2) is 6.32. The van der Waals surface area contributed by atoms with Gasteiger partial charge in [0.25, 0.3) is 0 Å². The number of aromatic nitrogens is 1. The van der Waals surface area contributed by atoms with Gasteiger partial charge in [-0.15, -0.1) is 11.3 Å². The molecule has 1 aliphatic rings. The van der Waals surface area contributed by atoms with Gasteiger partial charge in [0, 0.05) is 37.4 Å². The van der Waals surface area contributed by atoms with Crippen LogP contribution < -0.4 is 10.6 Å². The molecule has 2 amide bonds. The van der Waals surface area contributed by atoms with Crippen molar-refractivity contribution < 1.29 is 9.59 Å². The fourth-order valence-corrected chi connectivity index (χ4v) is 3.25. The maximum atomic E-state index is 11.8. The predicted octanol–water partition coefficient (Wildman–Crippen LogP) is 0.984. The smallest absolute Gasteiger partial charge is 0.234 e. The van der Waals surface area contributed by atoms with Crippen LogP contribution in [0.15, 0.2) is 0 Å². The number of carbonyl (C=O) groups excluding carboxylic acids is 2. The van der Waals surface area contributed by atoms with Crippen molar-refractivity contribution in [1.82, 2.24) is 15.2 Å². The third-order valence-corrected chi connectivity index (χ3v) is 3.91. The van der Waals surface area contributed by atoms with Gasteiger partial charge in [-0.05, 0) is 13.8 Å². The quantitative estimate of drug-likeness (QED) is 0.869. The van der Waals surface area contributed by atoms with E-state index >= 15 is 0 Å². The van der Waals surface area contributed by atoms with Gasteiger partial charge in [0.05, 0.1) is 12.2 Å². The molecule has 2 heterocycles. The van der Waals surface area contributed by atoms with E-state index < -0.39 is 0 Å². The summed E-state index contributed by atoms with van der Waals surface area (Å²) in [5, 5.41) is 6.26. The Bertz CT molecular complexity index is 512. The Morgan fingerprint density at radius 2 is 2.20 bits per heavy atom. The number of hydrogen-bond acceptors (Lipinski definition) is 5. The molecule has 0 aliphatic carbocycles. The summed E-state index contributed by atoms with van der Waals surface area (Å²) >= 11 is 1.49. The van der Waals surface area contributed by atoms with Crippen molar-refractivity contribution in [2.24, 2.45) is 0 Å². The number of anilines is 1. The first kappa shape index (κ1) is 14.9. The highest BCUT2D eigenvalue weighted by Crippen LogP contribution is 2.28. The van der Waals surface area contributed by atoms with Crippen LogP contribution in [0.25, 0.3) is 0 Å². The van der Waals surface area contributed by atoms with E-state index in [0.717, 1.165) is 30.1 Å². The van der Waals surface area contributed by atoms with Crippen LogP contribution in [0.2, 0.25) is 0 Å². The highest BCUT2D eigenvalue weighted by Gasteiger charge is 2.22. The SMILES string of the molecule is CC(=O)Nc1nc2c(s1)CN(CC(=O)NC(C)C)CC2. The van der Waals surface area contributed by atoms with Crippen LogP contribution in [0.4, 0.5) is 5.13 Å². The minimum absolute atomic E-state index is 0.0510. The molecule has 0 saturated heterocycles. The Hall–Kier alpha value is -1.47. The first-order chi connectivity index (χ1) is 9.44. The Morgan fingerprint density at radius 3 is 2.85 bits per heavy atom. The van der Waals surface area contributed by atoms with Gasteiger partial charge < -0.3 is 10.6 Å². The van der Waals surface area contributed by atoms with Crippen molar-refractivity contribution in [3.63, 3.8) is 0 Å². The summed E-state index contributed by atoms with van der Waals surface area (Å²) in [4.78, 5) is 30.4. The van der Waals surface area contributed by atoms with Crippen LogP contribution in [0, 0.1) is 0 Å². The van der Waals surface area contributed by atoms with Crippen molar-refractivity contribution >= 4 is 28.3 Å². The molecule has 110 valence electrons. The number of carbonyl (C=O) groups is 2. The van der Waals surface area contributed by atoms with Crippen molar-refractivity contribution in [3.05, 3.63) is 10.6 Å². The second-order valence-electron chi connectivity index (χ2n) is 5.25. The summed E-state index contributed by atoms with van der Waals surface area (Å²) in [5.41, 5.74) is 1.04. The van der Waals surface area contributed by atoms with Gasteiger partial charge in [-0.2, -0.15) is 0 Å². The molecule has 0 unspecified atom stereocenters. The zero-order valence-electron chi connectivity index (χ0n) is 12.0. The summed E-state index contributed by atoms with van der Waals surface area (Å²) in [6, 6.07) is 0.164. The van der Waals surface area contributed by atoms with Gasteiger partial charge in [-0.3, -0.25) is 14.5 Å². The van der Waals surface area contributed by atoms with Gasteiger partial charge in [-0.25, -0.2) is 4.98 Å². The lowest BCUT2D eigenvalue weighted by atomic mass is 10.2. The highest BCUT2D eigenvalue weighted by atomic mass is 32.1. The molecule has 0 radical (unpaired) electrons. The van der Waals surface area contributed by atoms with Gasteiger partial charge in [0.1, 0.15) is 0 Å². The van der Waals surface area contributed by atoms with Crippen molar-refractivity contribution in [2.45, 2.75) is 39.8 Å². The molecule has 0 spiro atoms. The lowest BCUT2D eigenvalue weighted by molar-refractivity contribution is -0.123. The molecule has 6 nitrogen and oxygen atoms in total. The molecule has 20 heavy (non-hydrogen) atoms. The highest BCUT2D eigenvalue weighted by molar-refractivity contribution is 7.15. The van der Waals surface area contributed by atoms with Crippen LogP contribution in [-0.4, -0.2) is 40.8 Å². The summed E-state index contributed by atoms with van der Waals surface area (Å²) in [6.07, 6.45) is 0.820. The maximum Gasteiger partial charge on any atom is 0.234 e. The largest absolute Gasteiger partial charge is 0.353 e. The van der Waals surface area contributed by atoms with Crippen LogP contribution in [0.3, 0.4) is 0 Å². The lowest BCUT2D eigenvalue weighted by Crippen LogP contribution is -2.41. The maximum absolute atomic E-state index is 11.8. The van der Waals surface area contributed by atoms with E-state index in [-0.39, 0.29) is 17.9 Å². The van der Waals surface area contributed by atoms with Gasteiger partial charge in [0.15, 0.2) is 5.13 Å². The molecule has 0 fully saturated rings. The van der Waals surface area contributed by atoms with E-state index in [1.54, 1.807) is 0 Å². The number of nitrogens with one attached hydrogen (secondary N) is 2.